The first kappa shape index (κ1) is 12.1. The second-order valence-electron chi connectivity index (χ2n) is 3.88. The van der Waals surface area contributed by atoms with Crippen LogP contribution in [0.1, 0.15) is 0 Å². The van der Waals surface area contributed by atoms with Crippen molar-refractivity contribution >= 4 is 49.7 Å². The lowest BCUT2D eigenvalue weighted by Gasteiger charge is -1.94. The number of nitrogen functional groups attached to an aromatic ring is 1. The first-order valence-corrected chi connectivity index (χ1v) is 6.73. The van der Waals surface area contributed by atoms with E-state index in [9.17, 15) is 0 Å². The Bertz CT molecular complexity index is 749. The van der Waals surface area contributed by atoms with E-state index < -0.39 is 0 Å². The monoisotopic (exact) mass is 288 g/mol. The third kappa shape index (κ3) is 2.72. The molecular formula is C13H9ClN4S. The number of thiazole rings is 1. The molecule has 0 aliphatic rings. The molecule has 94 valence electrons. The molecule has 1 aromatic heterocycles. The number of halogens is 1. The Morgan fingerprint density at radius 2 is 1.68 bits per heavy atom. The first-order chi connectivity index (χ1) is 9.20. The molecule has 0 amide bonds. The van der Waals surface area contributed by atoms with E-state index in [1.54, 1.807) is 12.1 Å². The molecule has 0 saturated heterocycles. The van der Waals surface area contributed by atoms with E-state index in [4.69, 9.17) is 17.3 Å². The van der Waals surface area contributed by atoms with Crippen molar-refractivity contribution in [2.75, 3.05) is 5.73 Å². The van der Waals surface area contributed by atoms with Crippen LogP contribution in [0, 0.1) is 0 Å². The lowest BCUT2D eigenvalue weighted by atomic mass is 10.3. The van der Waals surface area contributed by atoms with Gasteiger partial charge in [-0.1, -0.05) is 22.9 Å². The maximum Gasteiger partial charge on any atom is 0.181 e. The van der Waals surface area contributed by atoms with Crippen LogP contribution >= 0.6 is 22.9 Å². The van der Waals surface area contributed by atoms with Crippen molar-refractivity contribution in [3.8, 4) is 0 Å². The number of aromatic nitrogens is 1. The summed E-state index contributed by atoms with van der Waals surface area (Å²) in [6, 6.07) is 12.9. The highest BCUT2D eigenvalue weighted by atomic mass is 35.5. The van der Waals surface area contributed by atoms with E-state index in [-0.39, 0.29) is 0 Å². The Morgan fingerprint density at radius 1 is 1.00 bits per heavy atom. The fraction of sp³-hybridized carbons (Fsp3) is 0. The summed E-state index contributed by atoms with van der Waals surface area (Å²) in [4.78, 5) is 4.19. The van der Waals surface area contributed by atoms with E-state index in [0.717, 1.165) is 21.6 Å². The lowest BCUT2D eigenvalue weighted by Crippen LogP contribution is -1.78. The molecular weight excluding hydrogens is 280 g/mol. The Kier molecular flexibility index (Phi) is 3.15. The largest absolute Gasteiger partial charge is 0.375 e. The molecule has 3 aromatic rings. The van der Waals surface area contributed by atoms with Gasteiger partial charge in [0.25, 0.3) is 0 Å². The zero-order valence-corrected chi connectivity index (χ0v) is 11.3. The summed E-state index contributed by atoms with van der Waals surface area (Å²) in [5.74, 6) is 0. The molecule has 0 atom stereocenters. The number of nitrogens with two attached hydrogens (primary N) is 1. The van der Waals surface area contributed by atoms with Crippen molar-refractivity contribution in [1.82, 2.24) is 4.98 Å². The molecule has 3 rings (SSSR count). The summed E-state index contributed by atoms with van der Waals surface area (Å²) < 4.78 is 1.00. The molecule has 0 unspecified atom stereocenters. The number of hydrogen-bond donors (Lipinski definition) is 1. The second kappa shape index (κ2) is 4.95. The molecule has 0 aliphatic carbocycles. The molecule has 1 heterocycles. The van der Waals surface area contributed by atoms with Gasteiger partial charge in [-0.15, -0.1) is 0 Å². The first-order valence-electron chi connectivity index (χ1n) is 5.54. The third-order valence-electron chi connectivity index (χ3n) is 2.50. The molecule has 4 nitrogen and oxygen atoms in total. The molecule has 6 heteroatoms. The van der Waals surface area contributed by atoms with Crippen molar-refractivity contribution in [2.45, 2.75) is 0 Å². The average Bonchev–Trinajstić information content (AvgIpc) is 2.77. The van der Waals surface area contributed by atoms with Crippen molar-refractivity contribution in [1.29, 1.82) is 0 Å². The number of anilines is 1. The molecule has 0 fully saturated rings. The Morgan fingerprint density at radius 3 is 2.47 bits per heavy atom. The highest BCUT2D eigenvalue weighted by Gasteiger charge is 2.01. The van der Waals surface area contributed by atoms with E-state index >= 15 is 0 Å². The number of nitrogens with zero attached hydrogens (tertiary/aromatic N) is 3. The molecule has 0 radical (unpaired) electrons. The Hall–Kier alpha value is -1.98. The van der Waals surface area contributed by atoms with Gasteiger partial charge in [-0.25, -0.2) is 4.98 Å². The molecule has 0 spiro atoms. The normalized spacial score (nSPS) is 11.4. The highest BCUT2D eigenvalue weighted by molar-refractivity contribution is 7.22. The zero-order valence-electron chi connectivity index (χ0n) is 9.75. The van der Waals surface area contributed by atoms with Crippen LogP contribution in [0.4, 0.5) is 16.5 Å². The van der Waals surface area contributed by atoms with Gasteiger partial charge in [0.05, 0.1) is 21.6 Å². The number of hydrogen-bond acceptors (Lipinski definition) is 5. The predicted molar refractivity (Wildman–Crippen MR) is 79.7 cm³/mol. The van der Waals surface area contributed by atoms with E-state index in [1.165, 1.54) is 11.3 Å². The van der Waals surface area contributed by atoms with Crippen LogP contribution in [-0.2, 0) is 0 Å². The quantitative estimate of drug-likeness (QED) is 0.678. The molecule has 2 N–H and O–H groups in total. The number of fused-ring (bicyclic) bond motifs is 1. The van der Waals surface area contributed by atoms with Gasteiger partial charge < -0.3 is 5.73 Å². The predicted octanol–water partition coefficient (Wildman–Crippen LogP) is 4.95. The molecule has 0 saturated carbocycles. The van der Waals surface area contributed by atoms with E-state index in [1.807, 2.05) is 30.3 Å². The summed E-state index contributed by atoms with van der Waals surface area (Å²) in [6.45, 7) is 0. The maximum absolute atomic E-state index is 5.81. The summed E-state index contributed by atoms with van der Waals surface area (Å²) >= 11 is 7.24. The van der Waals surface area contributed by atoms with Crippen LogP contribution in [0.2, 0.25) is 5.02 Å². The van der Waals surface area contributed by atoms with Gasteiger partial charge in [0.1, 0.15) is 0 Å². The fourth-order valence-corrected chi connectivity index (χ4v) is 2.51. The van der Waals surface area contributed by atoms with Crippen LogP contribution in [0.15, 0.2) is 52.7 Å². The Labute approximate surface area is 118 Å². The standard InChI is InChI=1S/C13H9ClN4S/c14-8-1-3-9(4-2-8)17-18-10-5-6-11-12(7-10)19-13(15)16-11/h1-7H,(H2,15,16). The van der Waals surface area contributed by atoms with Gasteiger partial charge in [0, 0.05) is 5.02 Å². The number of rotatable bonds is 2. The van der Waals surface area contributed by atoms with Crippen LogP contribution < -0.4 is 5.73 Å². The van der Waals surface area contributed by atoms with Crippen LogP contribution in [-0.4, -0.2) is 4.98 Å². The van der Waals surface area contributed by atoms with Gasteiger partial charge in [-0.3, -0.25) is 0 Å². The third-order valence-corrected chi connectivity index (χ3v) is 3.60. The smallest absolute Gasteiger partial charge is 0.181 e. The van der Waals surface area contributed by atoms with Crippen molar-refractivity contribution in [2.24, 2.45) is 10.2 Å². The molecule has 0 bridgehead atoms. The molecule has 2 aromatic carbocycles. The minimum absolute atomic E-state index is 0.557. The average molecular weight is 289 g/mol. The van der Waals surface area contributed by atoms with Crippen LogP contribution in [0.3, 0.4) is 0 Å². The van der Waals surface area contributed by atoms with E-state index in [2.05, 4.69) is 15.2 Å². The van der Waals surface area contributed by atoms with Crippen molar-refractivity contribution in [3.05, 3.63) is 47.5 Å². The lowest BCUT2D eigenvalue weighted by molar-refractivity contribution is 1.23. The minimum atomic E-state index is 0.557. The van der Waals surface area contributed by atoms with E-state index in [0.29, 0.717) is 10.2 Å². The second-order valence-corrected chi connectivity index (χ2v) is 5.38. The number of benzene rings is 2. The summed E-state index contributed by atoms with van der Waals surface area (Å²) in [5.41, 5.74) is 8.07. The van der Waals surface area contributed by atoms with Crippen LogP contribution in [0.25, 0.3) is 10.2 Å². The van der Waals surface area contributed by atoms with Crippen molar-refractivity contribution in [3.63, 3.8) is 0 Å². The summed E-state index contributed by atoms with van der Waals surface area (Å²) in [6.07, 6.45) is 0. The van der Waals surface area contributed by atoms with Gasteiger partial charge in [0.2, 0.25) is 0 Å². The summed E-state index contributed by atoms with van der Waals surface area (Å²) in [5, 5.41) is 9.57. The maximum atomic E-state index is 5.81. The number of azo groups is 1. The fourth-order valence-electron chi connectivity index (χ4n) is 1.62. The minimum Gasteiger partial charge on any atom is -0.375 e. The Balaban J connectivity index is 1.89. The zero-order chi connectivity index (χ0) is 13.2. The van der Waals surface area contributed by atoms with Gasteiger partial charge >= 0.3 is 0 Å². The van der Waals surface area contributed by atoms with Gasteiger partial charge in [0.15, 0.2) is 5.13 Å². The SMILES string of the molecule is Nc1nc2ccc(N=Nc3ccc(Cl)cc3)cc2s1. The molecule has 0 aliphatic heterocycles. The topological polar surface area (TPSA) is 63.6 Å². The van der Waals surface area contributed by atoms with Crippen molar-refractivity contribution < 1.29 is 0 Å². The van der Waals surface area contributed by atoms with Gasteiger partial charge in [-0.05, 0) is 42.5 Å². The molecule has 19 heavy (non-hydrogen) atoms. The summed E-state index contributed by atoms with van der Waals surface area (Å²) in [7, 11) is 0. The van der Waals surface area contributed by atoms with Gasteiger partial charge in [-0.2, -0.15) is 10.2 Å². The van der Waals surface area contributed by atoms with Crippen LogP contribution in [0.5, 0.6) is 0 Å². The highest BCUT2D eigenvalue weighted by Crippen LogP contribution is 2.28.